The van der Waals surface area contributed by atoms with Crippen LogP contribution in [0.5, 0.6) is 0 Å². The highest BCUT2D eigenvalue weighted by molar-refractivity contribution is 7.85. The Hall–Kier alpha value is 0.340. The SMILES string of the molecule is CCC[P+](CCC)(CCC)CCCS(=O)(=O)[O-]. The highest BCUT2D eigenvalue weighted by Crippen LogP contribution is 2.60. The van der Waals surface area contributed by atoms with E-state index in [4.69, 9.17) is 0 Å². The molecule has 0 aromatic rings. The Morgan fingerprint density at radius 1 is 0.882 bits per heavy atom. The Morgan fingerprint density at radius 2 is 1.29 bits per heavy atom. The minimum Gasteiger partial charge on any atom is -0.748 e. The van der Waals surface area contributed by atoms with Gasteiger partial charge in [0.05, 0.1) is 34.8 Å². The van der Waals surface area contributed by atoms with E-state index in [9.17, 15) is 13.0 Å². The van der Waals surface area contributed by atoms with Crippen molar-refractivity contribution in [1.82, 2.24) is 0 Å². The molecule has 0 aliphatic carbocycles. The van der Waals surface area contributed by atoms with Crippen molar-refractivity contribution in [2.75, 3.05) is 30.4 Å². The third-order valence-corrected chi connectivity index (χ3v) is 9.36. The van der Waals surface area contributed by atoms with Crippen LogP contribution in [0.15, 0.2) is 0 Å². The maximum Gasteiger partial charge on any atom is 0.0947 e. The number of hydrogen-bond acceptors (Lipinski definition) is 3. The molecule has 0 spiro atoms. The maximum absolute atomic E-state index is 10.6. The topological polar surface area (TPSA) is 57.2 Å². The van der Waals surface area contributed by atoms with Crippen molar-refractivity contribution in [2.45, 2.75) is 46.5 Å². The van der Waals surface area contributed by atoms with E-state index in [0.717, 1.165) is 6.16 Å². The Balaban J connectivity index is 4.43. The second-order valence-electron chi connectivity index (χ2n) is 4.85. The highest BCUT2D eigenvalue weighted by Gasteiger charge is 2.33. The smallest absolute Gasteiger partial charge is 0.0947 e. The summed E-state index contributed by atoms with van der Waals surface area (Å²) in [5.74, 6) is -0.175. The van der Waals surface area contributed by atoms with Gasteiger partial charge in [-0.2, -0.15) is 0 Å². The van der Waals surface area contributed by atoms with Gasteiger partial charge in [0.25, 0.3) is 0 Å². The summed E-state index contributed by atoms with van der Waals surface area (Å²) in [4.78, 5) is 0. The van der Waals surface area contributed by atoms with Crippen LogP contribution in [0.25, 0.3) is 0 Å². The number of rotatable bonds is 10. The van der Waals surface area contributed by atoms with Crippen LogP contribution in [-0.4, -0.2) is 43.4 Å². The first-order chi connectivity index (χ1) is 7.89. The lowest BCUT2D eigenvalue weighted by atomic mass is 10.5. The molecule has 0 saturated heterocycles. The zero-order chi connectivity index (χ0) is 13.4. The van der Waals surface area contributed by atoms with Crippen molar-refractivity contribution in [3.8, 4) is 0 Å². The molecule has 0 radical (unpaired) electrons. The van der Waals surface area contributed by atoms with E-state index in [0.29, 0.717) is 6.42 Å². The third-order valence-electron chi connectivity index (χ3n) is 3.12. The summed E-state index contributed by atoms with van der Waals surface area (Å²) in [6.07, 6.45) is 8.87. The summed E-state index contributed by atoms with van der Waals surface area (Å²) in [7, 11) is -5.01. The van der Waals surface area contributed by atoms with Crippen LogP contribution in [0.1, 0.15) is 46.5 Å². The molecule has 5 heteroatoms. The zero-order valence-electron chi connectivity index (χ0n) is 11.4. The van der Waals surface area contributed by atoms with Gasteiger partial charge in [0.1, 0.15) is 0 Å². The van der Waals surface area contributed by atoms with Gasteiger partial charge in [-0.1, -0.05) is 20.8 Å². The van der Waals surface area contributed by atoms with Crippen LogP contribution in [0.2, 0.25) is 0 Å². The molecule has 0 aromatic carbocycles. The molecule has 0 atom stereocenters. The Bertz CT molecular complexity index is 271. The van der Waals surface area contributed by atoms with E-state index in [-0.39, 0.29) is 5.75 Å². The minimum absolute atomic E-state index is 0.175. The first-order valence-corrected chi connectivity index (χ1v) is 10.8. The molecule has 0 N–H and O–H groups in total. The van der Waals surface area contributed by atoms with Gasteiger partial charge in [-0.15, -0.1) is 0 Å². The maximum atomic E-state index is 10.6. The minimum atomic E-state index is -4.02. The molecule has 0 unspecified atom stereocenters. The molecule has 0 aliphatic heterocycles. The third kappa shape index (κ3) is 8.12. The highest BCUT2D eigenvalue weighted by atomic mass is 32.2. The molecule has 0 amide bonds. The lowest BCUT2D eigenvalue weighted by molar-refractivity contribution is 0.462. The fourth-order valence-corrected chi connectivity index (χ4v) is 8.40. The Kier molecular flexibility index (Phi) is 8.61. The van der Waals surface area contributed by atoms with Crippen molar-refractivity contribution in [3.05, 3.63) is 0 Å². The van der Waals surface area contributed by atoms with Gasteiger partial charge >= 0.3 is 0 Å². The fraction of sp³-hybridized carbons (Fsp3) is 1.00. The van der Waals surface area contributed by atoms with Gasteiger partial charge in [0.2, 0.25) is 0 Å². The van der Waals surface area contributed by atoms with Crippen LogP contribution in [-0.2, 0) is 10.1 Å². The molecule has 0 fully saturated rings. The van der Waals surface area contributed by atoms with Gasteiger partial charge in [-0.05, 0) is 25.7 Å². The van der Waals surface area contributed by atoms with E-state index in [1.54, 1.807) is 0 Å². The molecule has 0 rings (SSSR count). The molecular weight excluding hydrogens is 255 g/mol. The molecule has 0 heterocycles. The molecule has 0 aromatic heterocycles. The van der Waals surface area contributed by atoms with E-state index in [1.807, 2.05) is 0 Å². The van der Waals surface area contributed by atoms with E-state index in [1.165, 1.54) is 37.7 Å². The molecule has 0 aliphatic rings. The van der Waals surface area contributed by atoms with E-state index >= 15 is 0 Å². The average Bonchev–Trinajstić information content (AvgIpc) is 2.16. The number of hydrogen-bond donors (Lipinski definition) is 0. The molecular formula is C12H27O3PS. The largest absolute Gasteiger partial charge is 0.748 e. The van der Waals surface area contributed by atoms with Crippen molar-refractivity contribution in [3.63, 3.8) is 0 Å². The molecule has 3 nitrogen and oxygen atoms in total. The monoisotopic (exact) mass is 282 g/mol. The molecule has 0 saturated carbocycles. The lowest BCUT2D eigenvalue weighted by Gasteiger charge is -2.27. The molecule has 0 bridgehead atoms. The lowest BCUT2D eigenvalue weighted by Crippen LogP contribution is -2.14. The van der Waals surface area contributed by atoms with Gasteiger partial charge in [-0.3, -0.25) is 0 Å². The first-order valence-electron chi connectivity index (χ1n) is 6.67. The van der Waals surface area contributed by atoms with Crippen LogP contribution >= 0.6 is 7.26 Å². The standard InChI is InChI=1S/C12H27O3PS/c1-4-8-16(9-5-2,10-6-3)11-7-12-17(13,14)15/h4-12H2,1-3H3. The summed E-state index contributed by atoms with van der Waals surface area (Å²) in [6.45, 7) is 6.60. The first kappa shape index (κ1) is 17.3. The van der Waals surface area contributed by atoms with E-state index in [2.05, 4.69) is 20.8 Å². The summed E-state index contributed by atoms with van der Waals surface area (Å²) >= 11 is 0. The van der Waals surface area contributed by atoms with E-state index < -0.39 is 17.4 Å². The van der Waals surface area contributed by atoms with Crippen molar-refractivity contribution in [1.29, 1.82) is 0 Å². The summed E-state index contributed by atoms with van der Waals surface area (Å²) < 4.78 is 31.9. The second-order valence-corrected chi connectivity index (χ2v) is 10.8. The van der Waals surface area contributed by atoms with Gasteiger partial charge in [0, 0.05) is 13.0 Å². The van der Waals surface area contributed by atoms with Crippen LogP contribution < -0.4 is 0 Å². The normalized spacial score (nSPS) is 12.9. The Labute approximate surface area is 107 Å². The summed E-state index contributed by atoms with van der Waals surface area (Å²) in [6, 6.07) is 0. The van der Waals surface area contributed by atoms with Gasteiger partial charge in [0.15, 0.2) is 0 Å². The van der Waals surface area contributed by atoms with Crippen molar-refractivity contribution < 1.29 is 13.0 Å². The average molecular weight is 282 g/mol. The predicted octanol–water partition coefficient (Wildman–Crippen LogP) is 3.17. The van der Waals surface area contributed by atoms with Crippen molar-refractivity contribution in [2.24, 2.45) is 0 Å². The molecule has 17 heavy (non-hydrogen) atoms. The Morgan fingerprint density at radius 3 is 1.59 bits per heavy atom. The van der Waals surface area contributed by atoms with Crippen LogP contribution in [0.3, 0.4) is 0 Å². The summed E-state index contributed by atoms with van der Waals surface area (Å²) in [5, 5.41) is 0. The van der Waals surface area contributed by atoms with Gasteiger partial charge < -0.3 is 4.55 Å². The quantitative estimate of drug-likeness (QED) is 0.457. The van der Waals surface area contributed by atoms with Crippen LogP contribution in [0, 0.1) is 0 Å². The summed E-state index contributed by atoms with van der Waals surface area (Å²) in [5.41, 5.74) is 0. The van der Waals surface area contributed by atoms with Crippen molar-refractivity contribution >= 4 is 17.4 Å². The van der Waals surface area contributed by atoms with Gasteiger partial charge in [-0.25, -0.2) is 8.42 Å². The zero-order valence-corrected chi connectivity index (χ0v) is 13.2. The van der Waals surface area contributed by atoms with Crippen LogP contribution in [0.4, 0.5) is 0 Å². The second kappa shape index (κ2) is 8.44. The molecule has 104 valence electrons. The predicted molar refractivity (Wildman–Crippen MR) is 76.4 cm³/mol. The fourth-order valence-electron chi connectivity index (χ4n) is 2.67.